The van der Waals surface area contributed by atoms with E-state index in [1.54, 1.807) is 54.9 Å². The second kappa shape index (κ2) is 12.2. The van der Waals surface area contributed by atoms with Crippen molar-refractivity contribution in [1.82, 2.24) is 9.97 Å². The average Bonchev–Trinajstić information content (AvgIpc) is 3.35. The first kappa shape index (κ1) is 26.5. The highest BCUT2D eigenvalue weighted by atomic mass is 32.2. The molecule has 0 aliphatic rings. The Kier molecular flexibility index (Phi) is 8.25. The molecule has 39 heavy (non-hydrogen) atoms. The number of rotatable bonds is 9. The fourth-order valence-electron chi connectivity index (χ4n) is 3.42. The summed E-state index contributed by atoms with van der Waals surface area (Å²) >= 11 is 3.91. The van der Waals surface area contributed by atoms with E-state index >= 15 is 0 Å². The van der Waals surface area contributed by atoms with Crippen LogP contribution in [0.2, 0.25) is 0 Å². The number of fused-ring (bicyclic) bond motifs is 1. The van der Waals surface area contributed by atoms with Gasteiger partial charge in [-0.1, -0.05) is 47.8 Å². The monoisotopic (exact) mass is 575 g/mol. The lowest BCUT2D eigenvalue weighted by Crippen LogP contribution is -2.14. The second-order valence-electron chi connectivity index (χ2n) is 7.96. The van der Waals surface area contributed by atoms with Gasteiger partial charge in [0.25, 0.3) is 5.69 Å². The highest BCUT2D eigenvalue weighted by Crippen LogP contribution is 2.35. The van der Waals surface area contributed by atoms with Crippen molar-refractivity contribution in [1.29, 1.82) is 0 Å². The maximum Gasteiger partial charge on any atom is 0.283 e. The molecular formula is C27H18FN5O3S3. The van der Waals surface area contributed by atoms with Crippen LogP contribution in [0.3, 0.4) is 0 Å². The number of hydrogen-bond acceptors (Lipinski definition) is 9. The number of para-hydroxylation sites is 1. The number of nitro groups is 1. The summed E-state index contributed by atoms with van der Waals surface area (Å²) in [7, 11) is 0. The number of nitrogens with one attached hydrogen (secondary N) is 1. The highest BCUT2D eigenvalue weighted by Gasteiger charge is 2.16. The number of halogens is 1. The minimum Gasteiger partial charge on any atom is -0.323 e. The lowest BCUT2D eigenvalue weighted by molar-refractivity contribution is -0.387. The van der Waals surface area contributed by atoms with Crippen molar-refractivity contribution in [3.8, 4) is 0 Å². The molecule has 8 nitrogen and oxygen atoms in total. The first-order valence-electron chi connectivity index (χ1n) is 11.4. The number of thioether (sulfide) groups is 1. The predicted octanol–water partition coefficient (Wildman–Crippen LogP) is 7.37. The highest BCUT2D eigenvalue weighted by molar-refractivity contribution is 8.01. The zero-order valence-electron chi connectivity index (χ0n) is 20.0. The number of nitro benzene ring substituents is 1. The van der Waals surface area contributed by atoms with Crippen LogP contribution in [0.1, 0.15) is 5.56 Å². The Morgan fingerprint density at radius 3 is 2.74 bits per heavy atom. The summed E-state index contributed by atoms with van der Waals surface area (Å²) in [5.74, 6) is -0.724. The molecule has 0 atom stereocenters. The molecule has 0 spiro atoms. The van der Waals surface area contributed by atoms with E-state index in [1.165, 1.54) is 53.1 Å². The fraction of sp³-hybridized carbons (Fsp3) is 0.0370. The van der Waals surface area contributed by atoms with Crippen LogP contribution in [0.5, 0.6) is 0 Å². The van der Waals surface area contributed by atoms with E-state index in [9.17, 15) is 19.3 Å². The Hall–Kier alpha value is -4.13. The van der Waals surface area contributed by atoms with Gasteiger partial charge < -0.3 is 5.32 Å². The summed E-state index contributed by atoms with van der Waals surface area (Å²) in [5.41, 5.74) is 2.14. The van der Waals surface area contributed by atoms with Crippen molar-refractivity contribution >= 4 is 74.3 Å². The zero-order valence-corrected chi connectivity index (χ0v) is 22.4. The summed E-state index contributed by atoms with van der Waals surface area (Å²) in [6.45, 7) is 0. The first-order valence-corrected chi connectivity index (χ1v) is 14.1. The number of hydrogen-bond donors (Lipinski definition) is 1. The fourth-order valence-corrected chi connectivity index (χ4v) is 6.18. The summed E-state index contributed by atoms with van der Waals surface area (Å²) in [5, 5.41) is 14.9. The molecule has 0 fully saturated rings. The Morgan fingerprint density at radius 2 is 1.95 bits per heavy atom. The molecule has 0 radical (unpaired) electrons. The standard InChI is InChI=1S/C27H18FN5O3S3/c28-19-5-1-2-6-20(19)31-25(34)16-37-27-32-21-10-9-18(14-24(21)39-27)30-15-17-8-11-23(22(13-17)33(35)36)38-26-7-3-4-12-29-26/h1-15H,16H2,(H,31,34). The molecule has 194 valence electrons. The van der Waals surface area contributed by atoms with Crippen molar-refractivity contribution in [2.75, 3.05) is 11.1 Å². The lowest BCUT2D eigenvalue weighted by atomic mass is 10.2. The zero-order chi connectivity index (χ0) is 27.2. The number of carbonyl (C=O) groups excluding carboxylic acids is 1. The third-order valence-electron chi connectivity index (χ3n) is 5.22. The normalized spacial score (nSPS) is 11.2. The van der Waals surface area contributed by atoms with Gasteiger partial charge in [0.1, 0.15) is 10.8 Å². The van der Waals surface area contributed by atoms with E-state index in [0.29, 0.717) is 25.5 Å². The van der Waals surface area contributed by atoms with Crippen molar-refractivity contribution in [2.45, 2.75) is 14.3 Å². The Morgan fingerprint density at radius 1 is 1.10 bits per heavy atom. The van der Waals surface area contributed by atoms with Crippen LogP contribution in [0, 0.1) is 15.9 Å². The Balaban J connectivity index is 1.25. The Labute approximate surface area is 234 Å². The number of carbonyl (C=O) groups is 1. The van der Waals surface area contributed by atoms with Gasteiger partial charge in [-0.2, -0.15) is 0 Å². The smallest absolute Gasteiger partial charge is 0.283 e. The number of pyridine rings is 1. The van der Waals surface area contributed by atoms with Crippen LogP contribution in [0.4, 0.5) is 21.5 Å². The van der Waals surface area contributed by atoms with Gasteiger partial charge >= 0.3 is 0 Å². The van der Waals surface area contributed by atoms with Crippen molar-refractivity contribution in [3.63, 3.8) is 0 Å². The molecule has 2 heterocycles. The van der Waals surface area contributed by atoms with Crippen molar-refractivity contribution in [3.05, 3.63) is 107 Å². The van der Waals surface area contributed by atoms with Gasteiger partial charge in [-0.25, -0.2) is 14.4 Å². The van der Waals surface area contributed by atoms with Crippen molar-refractivity contribution < 1.29 is 14.1 Å². The van der Waals surface area contributed by atoms with Crippen LogP contribution >= 0.6 is 34.9 Å². The quantitative estimate of drug-likeness (QED) is 0.0845. The molecule has 3 aromatic carbocycles. The summed E-state index contributed by atoms with van der Waals surface area (Å²) in [6, 6.07) is 21.9. The topological polar surface area (TPSA) is 110 Å². The summed E-state index contributed by atoms with van der Waals surface area (Å²) in [4.78, 5) is 37.2. The molecule has 1 amide bonds. The molecule has 0 saturated carbocycles. The van der Waals surface area contributed by atoms with Crippen LogP contribution in [0.25, 0.3) is 10.2 Å². The SMILES string of the molecule is O=C(CSc1nc2ccc(N=Cc3ccc(Sc4ccccn4)c([N+](=O)[O-])c3)cc2s1)Nc1ccccc1F. The number of aromatic nitrogens is 2. The Bertz CT molecular complexity index is 1700. The van der Waals surface area contributed by atoms with E-state index in [2.05, 4.69) is 20.3 Å². The maximum atomic E-state index is 13.7. The largest absolute Gasteiger partial charge is 0.323 e. The molecule has 0 aliphatic heterocycles. The van der Waals surface area contributed by atoms with Gasteiger partial charge in [0.2, 0.25) is 5.91 Å². The molecule has 2 aromatic heterocycles. The summed E-state index contributed by atoms with van der Waals surface area (Å²) in [6.07, 6.45) is 3.22. The molecule has 0 aliphatic carbocycles. The molecule has 0 saturated heterocycles. The minimum atomic E-state index is -0.488. The van der Waals surface area contributed by atoms with E-state index in [0.717, 1.165) is 10.2 Å². The van der Waals surface area contributed by atoms with Crippen molar-refractivity contribution in [2.24, 2.45) is 4.99 Å². The molecule has 5 aromatic rings. The van der Waals surface area contributed by atoms with Gasteiger partial charge in [-0.15, -0.1) is 11.3 Å². The van der Waals surface area contributed by atoms with Crippen LogP contribution < -0.4 is 5.32 Å². The van der Waals surface area contributed by atoms with Gasteiger partial charge in [-0.3, -0.25) is 19.9 Å². The summed E-state index contributed by atoms with van der Waals surface area (Å²) < 4.78 is 15.3. The van der Waals surface area contributed by atoms with Crippen LogP contribution in [-0.2, 0) is 4.79 Å². The molecular weight excluding hydrogens is 558 g/mol. The van der Waals surface area contributed by atoms with E-state index in [4.69, 9.17) is 0 Å². The molecule has 12 heteroatoms. The van der Waals surface area contributed by atoms with Gasteiger partial charge in [0.05, 0.1) is 37.2 Å². The molecule has 1 N–H and O–H groups in total. The van der Waals surface area contributed by atoms with E-state index < -0.39 is 10.7 Å². The molecule has 0 unspecified atom stereocenters. The number of amides is 1. The number of nitrogens with zero attached hydrogens (tertiary/aromatic N) is 4. The van der Waals surface area contributed by atoms with Gasteiger partial charge in [-0.05, 0) is 54.1 Å². The van der Waals surface area contributed by atoms with Crippen LogP contribution in [-0.4, -0.2) is 32.8 Å². The second-order valence-corrected chi connectivity index (χ2v) is 11.3. The van der Waals surface area contributed by atoms with Crippen LogP contribution in [0.15, 0.2) is 104 Å². The first-order chi connectivity index (χ1) is 18.9. The number of benzene rings is 3. The number of anilines is 1. The van der Waals surface area contributed by atoms with E-state index in [-0.39, 0.29) is 23.0 Å². The van der Waals surface area contributed by atoms with Gasteiger partial charge in [0, 0.05) is 18.5 Å². The average molecular weight is 576 g/mol. The lowest BCUT2D eigenvalue weighted by Gasteiger charge is -2.04. The third kappa shape index (κ3) is 6.85. The minimum absolute atomic E-state index is 0.0202. The maximum absolute atomic E-state index is 13.7. The van der Waals surface area contributed by atoms with E-state index in [1.807, 2.05) is 18.2 Å². The molecule has 0 bridgehead atoms. The third-order valence-corrected chi connectivity index (χ3v) is 8.40. The number of thiazole rings is 1. The molecule has 5 rings (SSSR count). The van der Waals surface area contributed by atoms with Gasteiger partial charge in [0.15, 0.2) is 4.34 Å². The number of aliphatic imine (C=N–C) groups is 1. The predicted molar refractivity (Wildman–Crippen MR) is 154 cm³/mol.